The summed E-state index contributed by atoms with van der Waals surface area (Å²) in [6.45, 7) is 0.908. The Morgan fingerprint density at radius 3 is 2.75 bits per heavy atom. The molecule has 3 nitrogen and oxygen atoms in total. The van der Waals surface area contributed by atoms with Crippen molar-refractivity contribution in [3.05, 3.63) is 35.4 Å². The van der Waals surface area contributed by atoms with Crippen LogP contribution in [0.3, 0.4) is 0 Å². The van der Waals surface area contributed by atoms with Crippen molar-refractivity contribution in [3.8, 4) is 11.8 Å². The van der Waals surface area contributed by atoms with Gasteiger partial charge in [0.05, 0.1) is 6.54 Å². The Morgan fingerprint density at radius 1 is 1.25 bits per heavy atom. The third kappa shape index (κ3) is 2.86. The molecule has 1 aromatic rings. The number of amides is 1. The highest BCUT2D eigenvalue weighted by Gasteiger charge is 2.47. The highest BCUT2D eigenvalue weighted by Crippen LogP contribution is 2.54. The molecular weight excluding hydrogens is 248 g/mol. The summed E-state index contributed by atoms with van der Waals surface area (Å²) in [7, 11) is 0. The second kappa shape index (κ2) is 5.68. The maximum Gasteiger partial charge on any atom is 0.223 e. The molecule has 0 spiro atoms. The third-order valence-corrected chi connectivity index (χ3v) is 4.41. The van der Waals surface area contributed by atoms with E-state index in [4.69, 9.17) is 5.73 Å². The van der Waals surface area contributed by atoms with Crippen molar-refractivity contribution in [3.63, 3.8) is 0 Å². The van der Waals surface area contributed by atoms with Gasteiger partial charge >= 0.3 is 0 Å². The first-order chi connectivity index (χ1) is 9.78. The Balaban J connectivity index is 1.59. The second-order valence-corrected chi connectivity index (χ2v) is 5.81. The fraction of sp³-hybridized carbons (Fsp3) is 0.471. The van der Waals surface area contributed by atoms with E-state index in [2.05, 4.69) is 17.2 Å². The van der Waals surface area contributed by atoms with Crippen LogP contribution in [0.2, 0.25) is 0 Å². The maximum absolute atomic E-state index is 12.1. The molecule has 3 N–H and O–H groups in total. The number of hydrogen-bond donors (Lipinski definition) is 2. The lowest BCUT2D eigenvalue weighted by Crippen LogP contribution is -2.29. The van der Waals surface area contributed by atoms with E-state index in [-0.39, 0.29) is 11.8 Å². The van der Waals surface area contributed by atoms with Crippen LogP contribution >= 0.6 is 0 Å². The number of carbonyl (C=O) groups excluding carboxylic acids is 1. The Labute approximate surface area is 119 Å². The number of nitrogens with one attached hydrogen (secondary N) is 1. The van der Waals surface area contributed by atoms with Gasteiger partial charge in [0.25, 0.3) is 0 Å². The molecule has 1 aromatic carbocycles. The zero-order valence-electron chi connectivity index (χ0n) is 11.6. The van der Waals surface area contributed by atoms with E-state index in [0.717, 1.165) is 35.8 Å². The van der Waals surface area contributed by atoms with Gasteiger partial charge < -0.3 is 11.1 Å². The summed E-state index contributed by atoms with van der Waals surface area (Å²) in [6.07, 6.45) is 3.53. The molecule has 0 heterocycles. The third-order valence-electron chi connectivity index (χ3n) is 4.41. The van der Waals surface area contributed by atoms with Crippen LogP contribution in [0.25, 0.3) is 0 Å². The van der Waals surface area contributed by atoms with Crippen LogP contribution in [0, 0.1) is 29.6 Å². The molecule has 2 aliphatic carbocycles. The highest BCUT2D eigenvalue weighted by molar-refractivity contribution is 5.79. The first kappa shape index (κ1) is 13.2. The SMILES string of the molecule is NCC#Cc1ccccc1CNC(=O)C1CC2CC2C1. The van der Waals surface area contributed by atoms with Crippen molar-refractivity contribution in [2.24, 2.45) is 23.5 Å². The van der Waals surface area contributed by atoms with Gasteiger partial charge in [0, 0.05) is 18.0 Å². The molecule has 104 valence electrons. The van der Waals surface area contributed by atoms with Crippen molar-refractivity contribution >= 4 is 5.91 Å². The summed E-state index contributed by atoms with van der Waals surface area (Å²) in [6, 6.07) is 7.90. The summed E-state index contributed by atoms with van der Waals surface area (Å²) < 4.78 is 0. The molecule has 0 aliphatic heterocycles. The minimum atomic E-state index is 0.207. The van der Waals surface area contributed by atoms with Gasteiger partial charge in [-0.1, -0.05) is 30.0 Å². The molecule has 2 atom stereocenters. The zero-order valence-corrected chi connectivity index (χ0v) is 11.6. The number of hydrogen-bond acceptors (Lipinski definition) is 2. The minimum Gasteiger partial charge on any atom is -0.352 e. The van der Waals surface area contributed by atoms with E-state index in [1.807, 2.05) is 24.3 Å². The van der Waals surface area contributed by atoms with Crippen molar-refractivity contribution in [1.29, 1.82) is 0 Å². The summed E-state index contributed by atoms with van der Waals surface area (Å²) in [5, 5.41) is 3.06. The van der Waals surface area contributed by atoms with Crippen LogP contribution in [0.15, 0.2) is 24.3 Å². The lowest BCUT2D eigenvalue weighted by atomic mass is 10.0. The summed E-state index contributed by atoms with van der Waals surface area (Å²) in [5.74, 6) is 8.04. The summed E-state index contributed by atoms with van der Waals surface area (Å²) >= 11 is 0. The first-order valence-corrected chi connectivity index (χ1v) is 7.32. The Morgan fingerprint density at radius 2 is 2.00 bits per heavy atom. The van der Waals surface area contributed by atoms with Gasteiger partial charge in [-0.15, -0.1) is 0 Å². The molecule has 2 aliphatic rings. The van der Waals surface area contributed by atoms with E-state index in [1.54, 1.807) is 0 Å². The highest BCUT2D eigenvalue weighted by atomic mass is 16.1. The average Bonchev–Trinajstić information content (AvgIpc) is 3.09. The van der Waals surface area contributed by atoms with E-state index in [1.165, 1.54) is 6.42 Å². The van der Waals surface area contributed by atoms with E-state index < -0.39 is 0 Å². The quantitative estimate of drug-likeness (QED) is 0.819. The minimum absolute atomic E-state index is 0.207. The fourth-order valence-electron chi connectivity index (χ4n) is 3.20. The van der Waals surface area contributed by atoms with Crippen molar-refractivity contribution in [2.75, 3.05) is 6.54 Å². The molecule has 2 unspecified atom stereocenters. The molecule has 2 saturated carbocycles. The van der Waals surface area contributed by atoms with Gasteiger partial charge in [-0.05, 0) is 42.7 Å². The second-order valence-electron chi connectivity index (χ2n) is 5.81. The fourth-order valence-corrected chi connectivity index (χ4v) is 3.20. The molecule has 1 amide bonds. The van der Waals surface area contributed by atoms with E-state index in [0.29, 0.717) is 13.1 Å². The lowest BCUT2D eigenvalue weighted by molar-refractivity contribution is -0.125. The van der Waals surface area contributed by atoms with Crippen LogP contribution in [-0.4, -0.2) is 12.5 Å². The number of nitrogens with two attached hydrogens (primary N) is 1. The predicted octanol–water partition coefficient (Wildman–Crippen LogP) is 1.66. The van der Waals surface area contributed by atoms with E-state index in [9.17, 15) is 4.79 Å². The van der Waals surface area contributed by atoms with Crippen molar-refractivity contribution in [1.82, 2.24) is 5.32 Å². The van der Waals surface area contributed by atoms with Crippen molar-refractivity contribution in [2.45, 2.75) is 25.8 Å². The average molecular weight is 268 g/mol. The monoisotopic (exact) mass is 268 g/mol. The summed E-state index contributed by atoms with van der Waals surface area (Å²) in [5.41, 5.74) is 7.42. The van der Waals surface area contributed by atoms with Gasteiger partial charge in [0.15, 0.2) is 0 Å². The Kier molecular flexibility index (Phi) is 3.75. The number of rotatable bonds is 3. The van der Waals surface area contributed by atoms with Gasteiger partial charge in [-0.3, -0.25) is 4.79 Å². The Bertz CT molecular complexity index is 560. The van der Waals surface area contributed by atoms with Crippen LogP contribution in [0.4, 0.5) is 0 Å². The largest absolute Gasteiger partial charge is 0.352 e. The smallest absolute Gasteiger partial charge is 0.223 e. The molecule has 0 bridgehead atoms. The molecule has 3 heteroatoms. The molecule has 0 saturated heterocycles. The molecule has 2 fully saturated rings. The van der Waals surface area contributed by atoms with Gasteiger partial charge in [-0.25, -0.2) is 0 Å². The zero-order chi connectivity index (χ0) is 13.9. The Hall–Kier alpha value is -1.79. The topological polar surface area (TPSA) is 55.1 Å². The molecule has 0 radical (unpaired) electrons. The molecule has 3 rings (SSSR count). The van der Waals surface area contributed by atoms with Gasteiger partial charge in [-0.2, -0.15) is 0 Å². The van der Waals surface area contributed by atoms with Crippen molar-refractivity contribution < 1.29 is 4.79 Å². The number of benzene rings is 1. The van der Waals surface area contributed by atoms with Crippen LogP contribution in [0.5, 0.6) is 0 Å². The number of carbonyl (C=O) groups is 1. The van der Waals surface area contributed by atoms with E-state index >= 15 is 0 Å². The summed E-state index contributed by atoms with van der Waals surface area (Å²) in [4.78, 5) is 12.1. The van der Waals surface area contributed by atoms with Gasteiger partial charge in [0.1, 0.15) is 0 Å². The molecule has 0 aromatic heterocycles. The number of fused-ring (bicyclic) bond motifs is 1. The predicted molar refractivity (Wildman–Crippen MR) is 78.5 cm³/mol. The molecule has 20 heavy (non-hydrogen) atoms. The normalized spacial score (nSPS) is 26.4. The van der Waals surface area contributed by atoms with Gasteiger partial charge in [0.2, 0.25) is 5.91 Å². The van der Waals surface area contributed by atoms with Crippen LogP contribution < -0.4 is 11.1 Å². The standard InChI is InChI=1S/C17H20N2O/c18-7-3-6-12-4-1-2-5-13(12)11-19-17(20)16-9-14-8-15(14)10-16/h1-2,4-5,14-16H,7-11,18H2,(H,19,20). The first-order valence-electron chi connectivity index (χ1n) is 7.32. The van der Waals surface area contributed by atoms with Crippen LogP contribution in [-0.2, 0) is 11.3 Å². The molecular formula is C17H20N2O. The van der Waals surface area contributed by atoms with Crippen LogP contribution in [0.1, 0.15) is 30.4 Å². The lowest BCUT2D eigenvalue weighted by Gasteiger charge is -2.13. The maximum atomic E-state index is 12.1.